The Morgan fingerprint density at radius 3 is 1.70 bits per heavy atom. The van der Waals surface area contributed by atoms with Crippen LogP contribution in [0.25, 0.3) is 21.7 Å². The van der Waals surface area contributed by atoms with Gasteiger partial charge in [-0.1, -0.05) is 117 Å². The minimum atomic E-state index is -1.36. The number of nitrogens with two attached hydrogens (primary N) is 3. The van der Waals surface area contributed by atoms with Gasteiger partial charge >= 0.3 is 0 Å². The van der Waals surface area contributed by atoms with E-state index in [9.17, 15) is 43.5 Å². The summed E-state index contributed by atoms with van der Waals surface area (Å²) in [5.41, 5.74) is 21.3. The van der Waals surface area contributed by atoms with E-state index in [2.05, 4.69) is 42.2 Å². The summed E-state index contributed by atoms with van der Waals surface area (Å²) >= 11 is 0. The summed E-state index contributed by atoms with van der Waals surface area (Å²) in [4.78, 5) is 114. The highest BCUT2D eigenvalue weighted by atomic mass is 16.3. The van der Waals surface area contributed by atoms with Crippen molar-refractivity contribution in [3.8, 4) is 5.75 Å². The van der Waals surface area contributed by atoms with Crippen molar-refractivity contribution in [3.63, 3.8) is 0 Å². The molecule has 0 saturated heterocycles. The first-order chi connectivity index (χ1) is 37.8. The van der Waals surface area contributed by atoms with E-state index < -0.39 is 102 Å². The van der Waals surface area contributed by atoms with Gasteiger partial charge in [-0.25, -0.2) is 0 Å². The van der Waals surface area contributed by atoms with Crippen molar-refractivity contribution in [2.75, 3.05) is 6.54 Å². The van der Waals surface area contributed by atoms with Crippen LogP contribution >= 0.6 is 0 Å². The number of hydrogen-bond donors (Lipinski definition) is 12. The molecule has 6 aromatic rings. The summed E-state index contributed by atoms with van der Waals surface area (Å²) in [6.45, 7) is 6.55. The molecule has 8 atom stereocenters. The maximum atomic E-state index is 14.8. The number of fused-ring (bicyclic) bond motifs is 2. The Morgan fingerprint density at radius 2 is 1.04 bits per heavy atom. The van der Waals surface area contributed by atoms with Gasteiger partial charge in [-0.3, -0.25) is 38.4 Å². The number of aromatic nitrogens is 1. The van der Waals surface area contributed by atoms with Crippen LogP contribution in [0.2, 0.25) is 0 Å². The molecule has 20 nitrogen and oxygen atoms in total. The standard InChI is InChI=1S/C59H73N11O9/c1-34(2)51(59(79)65-36(4)53(73)67-48(52(62)72)31-39-21-24-40-16-8-9-17-41(40)28-39)70-56(76)47(20-12-13-27-60)66-58(78)50(32-42-33-63-46-19-11-10-18-44(42)46)69-57(77)49(30-38-22-25-43(71)26-23-38)68-54(74)35(3)64-55(75)45(61)29-37-14-6-5-7-15-37/h5-11,14-19,21-26,28,33-36,45,47-51,63,71H,12-13,20,27,29-32,60-61H2,1-4H3,(H2,62,72)(H,64,75)(H,65,79)(H,66,78)(H,67,73)(H,68,74)(H,69,77)(H,70,76)/t35-,36-,45+,47-,48-,49-,50+,51-/m0/s1. The molecular weight excluding hydrogens is 1010 g/mol. The molecule has 0 unspecified atom stereocenters. The Bertz CT molecular complexity index is 3080. The average Bonchev–Trinajstić information content (AvgIpc) is 3.88. The lowest BCUT2D eigenvalue weighted by atomic mass is 9.99. The molecule has 0 saturated carbocycles. The number of amides is 8. The number of para-hydroxylation sites is 1. The van der Waals surface area contributed by atoms with E-state index in [1.165, 1.54) is 26.0 Å². The summed E-state index contributed by atoms with van der Waals surface area (Å²) in [5, 5.41) is 31.8. The zero-order valence-electron chi connectivity index (χ0n) is 44.9. The molecule has 15 N–H and O–H groups in total. The molecule has 0 spiro atoms. The highest BCUT2D eigenvalue weighted by molar-refractivity contribution is 5.98. The van der Waals surface area contributed by atoms with E-state index in [1.54, 1.807) is 32.2 Å². The van der Waals surface area contributed by atoms with Gasteiger partial charge in [-0.05, 0) is 103 Å². The molecule has 1 aromatic heterocycles. The third-order valence-electron chi connectivity index (χ3n) is 13.6. The lowest BCUT2D eigenvalue weighted by Gasteiger charge is -2.28. The van der Waals surface area contributed by atoms with E-state index in [0.29, 0.717) is 24.0 Å². The predicted molar refractivity (Wildman–Crippen MR) is 301 cm³/mol. The van der Waals surface area contributed by atoms with Crippen molar-refractivity contribution in [2.24, 2.45) is 23.1 Å². The second-order valence-corrected chi connectivity index (χ2v) is 20.2. The van der Waals surface area contributed by atoms with Gasteiger partial charge in [0.25, 0.3) is 0 Å². The van der Waals surface area contributed by atoms with Crippen molar-refractivity contribution < 1.29 is 43.5 Å². The number of carbonyl (C=O) groups is 8. The third-order valence-corrected chi connectivity index (χ3v) is 13.6. The number of hydrogen-bond acceptors (Lipinski definition) is 11. The zero-order chi connectivity index (χ0) is 57.2. The van der Waals surface area contributed by atoms with Crippen molar-refractivity contribution in [1.82, 2.24) is 42.2 Å². The minimum Gasteiger partial charge on any atom is -0.508 e. The van der Waals surface area contributed by atoms with Gasteiger partial charge in [0.15, 0.2) is 0 Å². The topological polar surface area (TPSA) is 335 Å². The molecule has 0 aliphatic carbocycles. The number of aromatic amines is 1. The SMILES string of the molecule is CC(C)[C@H](NC(=O)[C@H](CCCCN)NC(=O)[C@@H](Cc1c[nH]c2ccccc12)NC(=O)[C@H](Cc1ccc(O)cc1)NC(=O)[C@H](C)NC(=O)[C@H](N)Cc1ccccc1)C(=O)N[C@@H](C)C(=O)N[C@@H](Cc1ccc2ccccc2c1)C(N)=O. The van der Waals surface area contributed by atoms with Gasteiger partial charge in [0.05, 0.1) is 6.04 Å². The van der Waals surface area contributed by atoms with Crippen LogP contribution in [0.5, 0.6) is 5.75 Å². The second kappa shape index (κ2) is 28.7. The van der Waals surface area contributed by atoms with Crippen LogP contribution in [0.3, 0.4) is 0 Å². The Balaban J connectivity index is 1.18. The summed E-state index contributed by atoms with van der Waals surface area (Å²) in [7, 11) is 0. The normalized spacial score (nSPS) is 14.3. The van der Waals surface area contributed by atoms with Crippen LogP contribution in [0.4, 0.5) is 0 Å². The van der Waals surface area contributed by atoms with E-state index in [1.807, 2.05) is 97.1 Å². The number of aromatic hydroxyl groups is 1. The average molecular weight is 1080 g/mol. The largest absolute Gasteiger partial charge is 0.508 e. The van der Waals surface area contributed by atoms with Crippen molar-refractivity contribution >= 4 is 68.9 Å². The highest BCUT2D eigenvalue weighted by Crippen LogP contribution is 2.21. The third kappa shape index (κ3) is 17.4. The number of phenols is 1. The fraction of sp³-hybridized carbons (Fsp3) is 0.356. The quantitative estimate of drug-likeness (QED) is 0.0317. The van der Waals surface area contributed by atoms with E-state index in [-0.39, 0.29) is 44.4 Å². The van der Waals surface area contributed by atoms with Crippen LogP contribution in [0.15, 0.2) is 128 Å². The molecule has 20 heteroatoms. The summed E-state index contributed by atoms with van der Waals surface area (Å²) < 4.78 is 0. The number of nitrogens with one attached hydrogen (secondary N) is 8. The van der Waals surface area contributed by atoms with Crippen LogP contribution in [0.1, 0.15) is 69.2 Å². The summed E-state index contributed by atoms with van der Waals surface area (Å²) in [6.07, 6.45) is 2.79. The molecule has 0 radical (unpaired) electrons. The van der Waals surface area contributed by atoms with Gasteiger partial charge in [0, 0.05) is 36.4 Å². The van der Waals surface area contributed by atoms with Gasteiger partial charge < -0.3 is 64.5 Å². The van der Waals surface area contributed by atoms with E-state index >= 15 is 0 Å². The molecule has 0 fully saturated rings. The Hall–Kier alpha value is -8.62. The van der Waals surface area contributed by atoms with Crippen LogP contribution in [-0.2, 0) is 64.0 Å². The summed E-state index contributed by atoms with van der Waals surface area (Å²) in [5.74, 6) is -6.31. The molecular formula is C59H73N11O9. The molecule has 5 aromatic carbocycles. The van der Waals surface area contributed by atoms with Gasteiger partial charge in [0.1, 0.15) is 48.0 Å². The number of H-pyrrole nitrogens is 1. The first kappa shape index (κ1) is 59.6. The van der Waals surface area contributed by atoms with Crippen LogP contribution < -0.4 is 54.4 Å². The maximum absolute atomic E-state index is 14.8. The van der Waals surface area contributed by atoms with E-state index in [0.717, 1.165) is 32.8 Å². The molecule has 1 heterocycles. The number of unbranched alkanes of at least 4 members (excludes halogenated alkanes) is 1. The number of phenolic OH excluding ortho intramolecular Hbond substituents is 1. The molecule has 0 bridgehead atoms. The Morgan fingerprint density at radius 1 is 0.506 bits per heavy atom. The van der Waals surface area contributed by atoms with Gasteiger partial charge in [-0.15, -0.1) is 0 Å². The van der Waals surface area contributed by atoms with Crippen molar-refractivity contribution in [2.45, 2.75) is 121 Å². The first-order valence-electron chi connectivity index (χ1n) is 26.5. The number of benzene rings is 5. The zero-order valence-corrected chi connectivity index (χ0v) is 44.9. The molecule has 418 valence electrons. The second-order valence-electron chi connectivity index (χ2n) is 20.2. The number of primary amides is 1. The monoisotopic (exact) mass is 1080 g/mol. The maximum Gasteiger partial charge on any atom is 0.243 e. The number of rotatable bonds is 28. The predicted octanol–water partition coefficient (Wildman–Crippen LogP) is 2.33. The lowest BCUT2D eigenvalue weighted by molar-refractivity contribution is -0.136. The van der Waals surface area contributed by atoms with Gasteiger partial charge in [-0.2, -0.15) is 0 Å². The Kier molecular flexibility index (Phi) is 21.6. The smallest absolute Gasteiger partial charge is 0.243 e. The molecule has 79 heavy (non-hydrogen) atoms. The lowest BCUT2D eigenvalue weighted by Crippen LogP contribution is -2.61. The van der Waals surface area contributed by atoms with Crippen molar-refractivity contribution in [3.05, 3.63) is 150 Å². The highest BCUT2D eigenvalue weighted by Gasteiger charge is 2.35. The van der Waals surface area contributed by atoms with Crippen molar-refractivity contribution in [1.29, 1.82) is 0 Å². The number of carbonyl (C=O) groups excluding carboxylic acids is 8. The summed E-state index contributed by atoms with van der Waals surface area (Å²) in [6, 6.07) is 26.3. The first-order valence-corrected chi connectivity index (χ1v) is 26.5. The fourth-order valence-corrected chi connectivity index (χ4v) is 9.03. The molecule has 6 rings (SSSR count). The van der Waals surface area contributed by atoms with Gasteiger partial charge in [0.2, 0.25) is 47.3 Å². The van der Waals surface area contributed by atoms with Crippen LogP contribution in [-0.4, -0.2) is 112 Å². The fourth-order valence-electron chi connectivity index (χ4n) is 9.03. The van der Waals surface area contributed by atoms with E-state index in [4.69, 9.17) is 17.2 Å². The van der Waals surface area contributed by atoms with Crippen LogP contribution in [0, 0.1) is 5.92 Å². The minimum absolute atomic E-state index is 0.0289. The molecule has 0 aliphatic heterocycles. The molecule has 8 amide bonds. The Labute approximate surface area is 459 Å². The molecule has 0 aliphatic rings.